The van der Waals surface area contributed by atoms with Crippen LogP contribution in [0.5, 0.6) is 5.75 Å². The molecule has 7 heteroatoms. The molecule has 1 N–H and O–H groups in total. The van der Waals surface area contributed by atoms with E-state index in [4.69, 9.17) is 10.00 Å². The number of hydrogen-bond acceptors (Lipinski definition) is 7. The number of ether oxygens (including phenoxy) is 1. The minimum atomic E-state index is 0.242. The lowest BCUT2D eigenvalue weighted by Crippen LogP contribution is -1.97. The number of benzene rings is 1. The Balaban J connectivity index is 1.93. The van der Waals surface area contributed by atoms with Crippen LogP contribution >= 0.6 is 11.3 Å². The third kappa shape index (κ3) is 2.75. The average molecular weight is 297 g/mol. The van der Waals surface area contributed by atoms with E-state index in [1.54, 1.807) is 0 Å². The van der Waals surface area contributed by atoms with Crippen LogP contribution in [0.4, 0.5) is 10.9 Å². The van der Waals surface area contributed by atoms with Gasteiger partial charge in [0, 0.05) is 12.4 Å². The minimum absolute atomic E-state index is 0.242. The zero-order valence-electron chi connectivity index (χ0n) is 11.2. The monoisotopic (exact) mass is 297 g/mol. The predicted octanol–water partition coefficient (Wildman–Crippen LogP) is 3.10. The second kappa shape index (κ2) is 5.73. The van der Waals surface area contributed by atoms with Crippen LogP contribution in [0.15, 0.2) is 30.6 Å². The highest BCUT2D eigenvalue weighted by atomic mass is 32.1. The lowest BCUT2D eigenvalue weighted by molar-refractivity contribution is 0.341. The molecule has 104 valence electrons. The Morgan fingerprint density at radius 2 is 2.19 bits per heavy atom. The van der Waals surface area contributed by atoms with Crippen molar-refractivity contribution in [2.45, 2.75) is 6.92 Å². The zero-order chi connectivity index (χ0) is 14.7. The SMILES string of the molecule is CCOc1ccc2nc(Nc3nccnc3C#N)sc2c1. The van der Waals surface area contributed by atoms with Crippen molar-refractivity contribution in [1.82, 2.24) is 15.0 Å². The quantitative estimate of drug-likeness (QED) is 0.796. The Bertz CT molecular complexity index is 824. The van der Waals surface area contributed by atoms with E-state index in [1.807, 2.05) is 31.2 Å². The highest BCUT2D eigenvalue weighted by molar-refractivity contribution is 7.22. The third-order valence-electron chi connectivity index (χ3n) is 2.70. The molecule has 21 heavy (non-hydrogen) atoms. The van der Waals surface area contributed by atoms with E-state index < -0.39 is 0 Å². The van der Waals surface area contributed by atoms with Gasteiger partial charge >= 0.3 is 0 Å². The first-order valence-corrected chi connectivity index (χ1v) is 7.13. The smallest absolute Gasteiger partial charge is 0.189 e. The summed E-state index contributed by atoms with van der Waals surface area (Å²) in [5.41, 5.74) is 1.11. The van der Waals surface area contributed by atoms with E-state index in [1.165, 1.54) is 23.7 Å². The minimum Gasteiger partial charge on any atom is -0.494 e. The van der Waals surface area contributed by atoms with Crippen LogP contribution in [0.25, 0.3) is 10.2 Å². The largest absolute Gasteiger partial charge is 0.494 e. The zero-order valence-corrected chi connectivity index (χ0v) is 12.0. The van der Waals surface area contributed by atoms with E-state index in [-0.39, 0.29) is 5.69 Å². The van der Waals surface area contributed by atoms with Crippen LogP contribution in [-0.2, 0) is 0 Å². The van der Waals surface area contributed by atoms with Gasteiger partial charge in [-0.15, -0.1) is 0 Å². The fourth-order valence-electron chi connectivity index (χ4n) is 1.83. The van der Waals surface area contributed by atoms with E-state index in [9.17, 15) is 0 Å². The molecule has 0 bridgehead atoms. The molecule has 0 spiro atoms. The molecule has 3 rings (SSSR count). The van der Waals surface area contributed by atoms with Crippen LogP contribution in [0.3, 0.4) is 0 Å². The van der Waals surface area contributed by atoms with Crippen LogP contribution in [-0.4, -0.2) is 21.6 Å². The molecule has 0 saturated heterocycles. The number of aromatic nitrogens is 3. The Morgan fingerprint density at radius 1 is 1.33 bits per heavy atom. The van der Waals surface area contributed by atoms with Crippen LogP contribution in [0, 0.1) is 11.3 Å². The van der Waals surface area contributed by atoms with E-state index in [2.05, 4.69) is 20.3 Å². The van der Waals surface area contributed by atoms with Gasteiger partial charge in [-0.05, 0) is 25.1 Å². The standard InChI is InChI=1S/C14H11N5OS/c1-2-20-9-3-4-10-12(7-9)21-14(18-10)19-13-11(8-15)16-5-6-17-13/h3-7H,2H2,1H3,(H,17,18,19). The summed E-state index contributed by atoms with van der Waals surface area (Å²) in [7, 11) is 0. The summed E-state index contributed by atoms with van der Waals surface area (Å²) in [4.78, 5) is 12.5. The molecule has 0 atom stereocenters. The van der Waals surface area contributed by atoms with Crippen molar-refractivity contribution in [2.75, 3.05) is 11.9 Å². The van der Waals surface area contributed by atoms with Crippen LogP contribution in [0.2, 0.25) is 0 Å². The third-order valence-corrected chi connectivity index (χ3v) is 3.63. The van der Waals surface area contributed by atoms with Crippen molar-refractivity contribution >= 4 is 32.5 Å². The van der Waals surface area contributed by atoms with Crippen molar-refractivity contribution in [2.24, 2.45) is 0 Å². The molecule has 2 heterocycles. The maximum absolute atomic E-state index is 9.01. The Hall–Kier alpha value is -2.72. The number of rotatable bonds is 4. The van der Waals surface area contributed by atoms with Crippen molar-refractivity contribution in [1.29, 1.82) is 5.26 Å². The molecule has 6 nitrogen and oxygen atoms in total. The Morgan fingerprint density at radius 3 is 3.00 bits per heavy atom. The number of nitrogens with zero attached hydrogens (tertiary/aromatic N) is 4. The van der Waals surface area contributed by atoms with Gasteiger partial charge < -0.3 is 10.1 Å². The van der Waals surface area contributed by atoms with Gasteiger partial charge in [0.25, 0.3) is 0 Å². The second-order valence-electron chi connectivity index (χ2n) is 4.07. The van der Waals surface area contributed by atoms with E-state index >= 15 is 0 Å². The van der Waals surface area contributed by atoms with Crippen molar-refractivity contribution in [3.8, 4) is 11.8 Å². The van der Waals surface area contributed by atoms with Crippen LogP contribution in [0.1, 0.15) is 12.6 Å². The van der Waals surface area contributed by atoms with Crippen molar-refractivity contribution in [3.05, 3.63) is 36.3 Å². The molecule has 0 aliphatic rings. The summed E-state index contributed by atoms with van der Waals surface area (Å²) in [5.74, 6) is 1.22. The van der Waals surface area contributed by atoms with E-state index in [0.717, 1.165) is 16.0 Å². The molecule has 0 aliphatic heterocycles. The molecule has 0 aliphatic carbocycles. The van der Waals surface area contributed by atoms with E-state index in [0.29, 0.717) is 17.6 Å². The van der Waals surface area contributed by atoms with Gasteiger partial charge in [-0.2, -0.15) is 5.26 Å². The molecule has 2 aromatic heterocycles. The van der Waals surface area contributed by atoms with Gasteiger partial charge in [-0.3, -0.25) is 0 Å². The maximum atomic E-state index is 9.01. The van der Waals surface area contributed by atoms with Gasteiger partial charge in [0.1, 0.15) is 11.8 Å². The fourth-order valence-corrected chi connectivity index (χ4v) is 2.72. The first kappa shape index (κ1) is 13.3. The molecule has 0 saturated carbocycles. The molecule has 1 aromatic carbocycles. The first-order chi connectivity index (χ1) is 10.3. The molecule has 3 aromatic rings. The summed E-state index contributed by atoms with van der Waals surface area (Å²) in [5, 5.41) is 12.7. The fraction of sp³-hybridized carbons (Fsp3) is 0.143. The summed E-state index contributed by atoms with van der Waals surface area (Å²) < 4.78 is 6.48. The number of nitriles is 1. The lowest BCUT2D eigenvalue weighted by atomic mass is 10.3. The van der Waals surface area contributed by atoms with Gasteiger partial charge in [0.05, 0.1) is 16.8 Å². The highest BCUT2D eigenvalue weighted by Gasteiger charge is 2.09. The molecule has 0 fully saturated rings. The lowest BCUT2D eigenvalue weighted by Gasteiger charge is -2.01. The first-order valence-electron chi connectivity index (χ1n) is 6.31. The number of anilines is 2. The maximum Gasteiger partial charge on any atom is 0.189 e. The summed E-state index contributed by atoms with van der Waals surface area (Å²) in [6.45, 7) is 2.57. The van der Waals surface area contributed by atoms with Crippen molar-refractivity contribution in [3.63, 3.8) is 0 Å². The number of nitrogens with one attached hydrogen (secondary N) is 1. The molecule has 0 unspecified atom stereocenters. The van der Waals surface area contributed by atoms with Gasteiger partial charge in [0.15, 0.2) is 16.6 Å². The highest BCUT2D eigenvalue weighted by Crippen LogP contribution is 2.30. The molecule has 0 amide bonds. The summed E-state index contributed by atoms with van der Waals surface area (Å²) in [6, 6.07) is 7.74. The van der Waals surface area contributed by atoms with Gasteiger partial charge in [-0.25, -0.2) is 15.0 Å². The van der Waals surface area contributed by atoms with Crippen molar-refractivity contribution < 1.29 is 4.74 Å². The topological polar surface area (TPSA) is 83.7 Å². The average Bonchev–Trinajstić information content (AvgIpc) is 2.89. The summed E-state index contributed by atoms with van der Waals surface area (Å²) >= 11 is 1.47. The van der Waals surface area contributed by atoms with Gasteiger partial charge in [0.2, 0.25) is 0 Å². The Labute approximate surface area is 125 Å². The normalized spacial score (nSPS) is 10.3. The predicted molar refractivity (Wildman–Crippen MR) is 80.8 cm³/mol. The summed E-state index contributed by atoms with van der Waals surface area (Å²) in [6.07, 6.45) is 3.01. The molecular formula is C14H11N5OS. The van der Waals surface area contributed by atoms with Gasteiger partial charge in [-0.1, -0.05) is 11.3 Å². The van der Waals surface area contributed by atoms with Crippen LogP contribution < -0.4 is 10.1 Å². The number of fused-ring (bicyclic) bond motifs is 1. The number of hydrogen-bond donors (Lipinski definition) is 1. The number of thiazole rings is 1. The second-order valence-corrected chi connectivity index (χ2v) is 5.10. The molecular weight excluding hydrogens is 286 g/mol. The molecule has 0 radical (unpaired) electrons. The Kier molecular flexibility index (Phi) is 3.62.